The number of anilines is 1. The van der Waals surface area contributed by atoms with Crippen molar-refractivity contribution in [1.29, 1.82) is 0 Å². The fourth-order valence-electron chi connectivity index (χ4n) is 4.64. The highest BCUT2D eigenvalue weighted by molar-refractivity contribution is 5.81. The van der Waals surface area contributed by atoms with Gasteiger partial charge in [-0.1, -0.05) is 0 Å². The van der Waals surface area contributed by atoms with E-state index in [9.17, 15) is 13.6 Å². The van der Waals surface area contributed by atoms with Gasteiger partial charge in [0.15, 0.2) is 0 Å². The number of fused-ring (bicyclic) bond motifs is 2. The summed E-state index contributed by atoms with van der Waals surface area (Å²) < 4.78 is 34.2. The van der Waals surface area contributed by atoms with Crippen LogP contribution in [0.4, 0.5) is 14.5 Å². The monoisotopic (exact) mass is 444 g/mol. The van der Waals surface area contributed by atoms with E-state index >= 15 is 0 Å². The average molecular weight is 444 g/mol. The lowest BCUT2D eigenvalue weighted by Gasteiger charge is -2.38. The van der Waals surface area contributed by atoms with Crippen molar-refractivity contribution in [3.05, 3.63) is 52.3 Å². The number of hydrogen-bond acceptors (Lipinski definition) is 6. The fraction of sp³-hybridized carbons (Fsp3) is 0.500. The van der Waals surface area contributed by atoms with Crippen molar-refractivity contribution in [2.75, 3.05) is 44.2 Å². The van der Waals surface area contributed by atoms with Crippen LogP contribution >= 0.6 is 0 Å². The van der Waals surface area contributed by atoms with Crippen LogP contribution in [0.2, 0.25) is 0 Å². The molecule has 0 bridgehead atoms. The van der Waals surface area contributed by atoms with Gasteiger partial charge in [-0.15, -0.1) is 0 Å². The van der Waals surface area contributed by atoms with Gasteiger partial charge in [-0.3, -0.25) is 18.9 Å². The van der Waals surface area contributed by atoms with E-state index in [1.807, 2.05) is 30.1 Å². The number of aryl methyl sites for hydroxylation is 1. The number of benzene rings is 1. The number of rotatable bonds is 5. The lowest BCUT2D eigenvalue weighted by atomic mass is 10.0. The predicted octanol–water partition coefficient (Wildman–Crippen LogP) is 1.83. The number of piperazine rings is 1. The van der Waals surface area contributed by atoms with Crippen LogP contribution in [0.25, 0.3) is 10.9 Å². The Morgan fingerprint density at radius 1 is 1.22 bits per heavy atom. The zero-order chi connectivity index (χ0) is 22.2. The smallest absolute Gasteiger partial charge is 0.261 e. The Morgan fingerprint density at radius 3 is 2.81 bits per heavy atom. The van der Waals surface area contributed by atoms with Crippen LogP contribution in [-0.2, 0) is 24.8 Å². The molecule has 10 heteroatoms. The molecule has 0 amide bonds. The van der Waals surface area contributed by atoms with E-state index in [0.29, 0.717) is 10.9 Å². The maximum atomic E-state index is 12.7. The lowest BCUT2D eigenvalue weighted by molar-refractivity contribution is 0.0139. The number of alkyl halides is 2. The molecule has 32 heavy (non-hydrogen) atoms. The highest BCUT2D eigenvalue weighted by atomic mass is 19.3. The fourth-order valence-corrected chi connectivity index (χ4v) is 4.64. The molecule has 1 unspecified atom stereocenters. The normalized spacial score (nSPS) is 19.6. The summed E-state index contributed by atoms with van der Waals surface area (Å²) in [5, 5.41) is 4.75. The van der Waals surface area contributed by atoms with Gasteiger partial charge in [-0.25, -0.2) is 13.8 Å². The van der Waals surface area contributed by atoms with Gasteiger partial charge in [0.25, 0.3) is 12.0 Å². The van der Waals surface area contributed by atoms with Crippen LogP contribution in [0, 0.1) is 0 Å². The molecule has 0 saturated carbocycles. The van der Waals surface area contributed by atoms with Crippen molar-refractivity contribution in [2.24, 2.45) is 7.05 Å². The summed E-state index contributed by atoms with van der Waals surface area (Å²) >= 11 is 0. The molecule has 2 aliphatic heterocycles. The molecule has 4 heterocycles. The first-order valence-corrected chi connectivity index (χ1v) is 10.9. The zero-order valence-electron chi connectivity index (χ0n) is 18.0. The summed E-state index contributed by atoms with van der Waals surface area (Å²) in [5.41, 5.74) is 3.53. The highest BCUT2D eigenvalue weighted by Gasteiger charge is 2.27. The average Bonchev–Trinajstić information content (AvgIpc) is 3.18. The van der Waals surface area contributed by atoms with Gasteiger partial charge in [0.2, 0.25) is 0 Å². The van der Waals surface area contributed by atoms with Crippen molar-refractivity contribution in [3.8, 4) is 0 Å². The molecule has 1 aromatic carbocycles. The molecular weight excluding hydrogens is 418 g/mol. The Kier molecular flexibility index (Phi) is 5.64. The summed E-state index contributed by atoms with van der Waals surface area (Å²) in [7, 11) is 1.98. The number of halogens is 2. The minimum absolute atomic E-state index is 0.0549. The summed E-state index contributed by atoms with van der Waals surface area (Å²) in [5.74, 6) is 0. The Bertz CT molecular complexity index is 1170. The van der Waals surface area contributed by atoms with E-state index in [4.69, 9.17) is 4.74 Å². The first kappa shape index (κ1) is 21.0. The van der Waals surface area contributed by atoms with E-state index in [1.54, 1.807) is 6.07 Å². The molecule has 0 radical (unpaired) electrons. The van der Waals surface area contributed by atoms with E-state index < -0.39 is 18.5 Å². The molecule has 1 saturated heterocycles. The molecule has 170 valence electrons. The highest BCUT2D eigenvalue weighted by Crippen LogP contribution is 2.28. The summed E-state index contributed by atoms with van der Waals surface area (Å²) in [6.45, 7) is 4.42. The molecule has 5 rings (SSSR count). The number of hydrogen-bond donors (Lipinski definition) is 0. The van der Waals surface area contributed by atoms with Gasteiger partial charge in [0.05, 0.1) is 42.7 Å². The molecular formula is C22H26F2N6O2. The second kappa shape index (κ2) is 8.59. The summed E-state index contributed by atoms with van der Waals surface area (Å²) in [6.07, 6.45) is 1.49. The molecule has 3 aromatic rings. The molecule has 0 spiro atoms. The topological polar surface area (TPSA) is 68.4 Å². The maximum absolute atomic E-state index is 12.7. The third-order valence-electron chi connectivity index (χ3n) is 6.40. The van der Waals surface area contributed by atoms with Crippen molar-refractivity contribution < 1.29 is 13.5 Å². The van der Waals surface area contributed by atoms with Gasteiger partial charge in [0.1, 0.15) is 0 Å². The van der Waals surface area contributed by atoms with E-state index in [0.717, 1.165) is 56.0 Å². The van der Waals surface area contributed by atoms with E-state index in [2.05, 4.69) is 19.9 Å². The van der Waals surface area contributed by atoms with Crippen LogP contribution in [0.3, 0.4) is 0 Å². The Morgan fingerprint density at radius 2 is 2.03 bits per heavy atom. The first-order chi connectivity index (χ1) is 15.5. The van der Waals surface area contributed by atoms with Crippen LogP contribution in [0.1, 0.15) is 17.4 Å². The van der Waals surface area contributed by atoms with E-state index in [-0.39, 0.29) is 6.10 Å². The molecule has 1 atom stereocenters. The zero-order valence-corrected chi connectivity index (χ0v) is 18.0. The van der Waals surface area contributed by atoms with Crippen LogP contribution in [0.15, 0.2) is 35.5 Å². The molecule has 0 aliphatic carbocycles. The third-order valence-corrected chi connectivity index (χ3v) is 6.40. The minimum Gasteiger partial charge on any atom is -0.372 e. The summed E-state index contributed by atoms with van der Waals surface area (Å²) in [4.78, 5) is 21.3. The maximum Gasteiger partial charge on any atom is 0.261 e. The van der Waals surface area contributed by atoms with Crippen molar-refractivity contribution in [3.63, 3.8) is 0 Å². The largest absolute Gasteiger partial charge is 0.372 e. The van der Waals surface area contributed by atoms with Crippen LogP contribution in [0.5, 0.6) is 0 Å². The van der Waals surface area contributed by atoms with Gasteiger partial charge in [0, 0.05) is 63.1 Å². The van der Waals surface area contributed by atoms with Gasteiger partial charge < -0.3 is 9.64 Å². The van der Waals surface area contributed by atoms with Crippen molar-refractivity contribution in [1.82, 2.24) is 24.2 Å². The second-order valence-corrected chi connectivity index (χ2v) is 8.36. The number of nitrogens with zero attached hydrogens (tertiary/aromatic N) is 6. The Hall–Kier alpha value is -2.85. The third kappa shape index (κ3) is 4.00. The van der Waals surface area contributed by atoms with Crippen LogP contribution in [-0.4, -0.2) is 70.0 Å². The predicted molar refractivity (Wildman–Crippen MR) is 116 cm³/mol. The van der Waals surface area contributed by atoms with Gasteiger partial charge >= 0.3 is 0 Å². The summed E-state index contributed by atoms with van der Waals surface area (Å²) in [6, 6.07) is 5.43. The lowest BCUT2D eigenvalue weighted by Crippen LogP contribution is -2.48. The van der Waals surface area contributed by atoms with Crippen molar-refractivity contribution in [2.45, 2.75) is 25.5 Å². The minimum atomic E-state index is -2.59. The Balaban J connectivity index is 1.25. The second-order valence-electron chi connectivity index (χ2n) is 8.36. The molecule has 1 fully saturated rings. The first-order valence-electron chi connectivity index (χ1n) is 10.9. The molecule has 0 N–H and O–H groups in total. The van der Waals surface area contributed by atoms with Crippen molar-refractivity contribution >= 4 is 16.6 Å². The molecule has 8 nitrogen and oxygen atoms in total. The molecule has 2 aromatic heterocycles. The number of ether oxygens (including phenoxy) is 1. The number of aromatic nitrogens is 4. The standard InChI is InChI=1S/C22H26F2N6O2/c1-27-19-4-9-32-20(17(19)11-26-27)12-28-5-7-29(8-6-28)15-2-3-16-18(10-15)25-14-30(22(16)31)13-21(23)24/h2-3,10-11,14,20-21H,4-9,12-13H2,1H3. The van der Waals surface area contributed by atoms with E-state index in [1.165, 1.54) is 17.6 Å². The van der Waals surface area contributed by atoms with Gasteiger partial charge in [-0.05, 0) is 18.2 Å². The molecule has 2 aliphatic rings. The SMILES string of the molecule is Cn1ncc2c1CCOC2CN1CCN(c2ccc3c(=O)n(CC(F)F)cnc3c2)CC1. The van der Waals surface area contributed by atoms with Crippen LogP contribution < -0.4 is 10.5 Å². The van der Waals surface area contributed by atoms with Gasteiger partial charge in [-0.2, -0.15) is 5.10 Å². The quantitative estimate of drug-likeness (QED) is 0.598. The Labute approximate surface area is 184 Å².